The first kappa shape index (κ1) is 22.0. The number of hydrogen-bond donors (Lipinski definition) is 1. The van der Waals surface area contributed by atoms with Crippen molar-refractivity contribution < 1.29 is 9.53 Å². The summed E-state index contributed by atoms with van der Waals surface area (Å²) in [5, 5.41) is 7.41. The lowest BCUT2D eigenvalue weighted by Gasteiger charge is -2.15. The van der Waals surface area contributed by atoms with Crippen LogP contribution in [0.5, 0.6) is 0 Å². The highest BCUT2D eigenvalue weighted by Gasteiger charge is 2.19. The summed E-state index contributed by atoms with van der Waals surface area (Å²) in [6.45, 7) is 14.4. The molecule has 1 aromatic carbocycles. The fourth-order valence-corrected chi connectivity index (χ4v) is 4.01. The zero-order valence-electron chi connectivity index (χ0n) is 18.9. The summed E-state index contributed by atoms with van der Waals surface area (Å²) in [5.74, 6) is -0.147. The molecule has 0 radical (unpaired) electrons. The number of aromatic nitrogens is 3. The van der Waals surface area contributed by atoms with Crippen molar-refractivity contribution in [2.24, 2.45) is 0 Å². The van der Waals surface area contributed by atoms with Crippen molar-refractivity contribution in [2.75, 3.05) is 19.8 Å². The van der Waals surface area contributed by atoms with E-state index >= 15 is 0 Å². The van der Waals surface area contributed by atoms with Crippen LogP contribution < -0.4 is 5.32 Å². The molecule has 0 saturated heterocycles. The summed E-state index contributed by atoms with van der Waals surface area (Å²) in [4.78, 5) is 17.4. The fourth-order valence-electron chi connectivity index (χ4n) is 4.01. The highest BCUT2D eigenvalue weighted by Crippen LogP contribution is 2.24. The minimum atomic E-state index is -0.147. The highest BCUT2D eigenvalue weighted by atomic mass is 16.5. The number of nitrogens with one attached hydrogen (secondary N) is 1. The van der Waals surface area contributed by atoms with Crippen LogP contribution in [0.2, 0.25) is 0 Å². The molecule has 0 spiro atoms. The van der Waals surface area contributed by atoms with Crippen LogP contribution in [0.15, 0.2) is 18.3 Å². The van der Waals surface area contributed by atoms with Gasteiger partial charge in [0.25, 0.3) is 5.91 Å². The van der Waals surface area contributed by atoms with Gasteiger partial charge in [-0.15, -0.1) is 0 Å². The summed E-state index contributed by atoms with van der Waals surface area (Å²) in [5.41, 5.74) is 9.41. The minimum Gasteiger partial charge on any atom is -0.382 e. The quantitative estimate of drug-likeness (QED) is 0.572. The standard InChI is InChI=1S/C24H32N4O2/c1-7-30-10-8-9-25-24(29)22-14-26-28-19(6)21(18(5)27-23(22)28)13-20-16(3)11-15(2)12-17(20)4/h11-12,14H,7-10,13H2,1-6H3,(H,25,29). The van der Waals surface area contributed by atoms with Crippen molar-refractivity contribution in [1.29, 1.82) is 0 Å². The molecular formula is C24H32N4O2. The van der Waals surface area contributed by atoms with E-state index in [0.717, 1.165) is 29.8 Å². The summed E-state index contributed by atoms with van der Waals surface area (Å²) in [6, 6.07) is 4.45. The van der Waals surface area contributed by atoms with Crippen LogP contribution in [-0.2, 0) is 11.2 Å². The third-order valence-electron chi connectivity index (χ3n) is 5.60. The smallest absolute Gasteiger partial charge is 0.256 e. The second-order valence-corrected chi connectivity index (χ2v) is 7.92. The van der Waals surface area contributed by atoms with E-state index in [2.05, 4.69) is 43.3 Å². The predicted molar refractivity (Wildman–Crippen MR) is 119 cm³/mol. The Morgan fingerprint density at radius 3 is 2.47 bits per heavy atom. The number of fused-ring (bicyclic) bond motifs is 1. The number of benzene rings is 1. The van der Waals surface area contributed by atoms with Crippen LogP contribution in [0, 0.1) is 34.6 Å². The molecule has 3 rings (SSSR count). The van der Waals surface area contributed by atoms with Gasteiger partial charge in [-0.3, -0.25) is 4.79 Å². The van der Waals surface area contributed by atoms with E-state index < -0.39 is 0 Å². The lowest BCUT2D eigenvalue weighted by atomic mass is 9.93. The molecule has 0 bridgehead atoms. The number of aryl methyl sites for hydroxylation is 5. The lowest BCUT2D eigenvalue weighted by molar-refractivity contribution is 0.0945. The third-order valence-corrected chi connectivity index (χ3v) is 5.60. The molecule has 6 heteroatoms. The third kappa shape index (κ3) is 4.54. The van der Waals surface area contributed by atoms with Crippen molar-refractivity contribution in [2.45, 2.75) is 54.4 Å². The first-order valence-corrected chi connectivity index (χ1v) is 10.6. The predicted octanol–water partition coefficient (Wildman–Crippen LogP) is 4.02. The van der Waals surface area contributed by atoms with Gasteiger partial charge >= 0.3 is 0 Å². The van der Waals surface area contributed by atoms with Crippen molar-refractivity contribution in [1.82, 2.24) is 19.9 Å². The summed E-state index contributed by atoms with van der Waals surface area (Å²) in [6.07, 6.45) is 3.19. The Kier molecular flexibility index (Phi) is 6.87. The van der Waals surface area contributed by atoms with Gasteiger partial charge < -0.3 is 10.1 Å². The molecule has 0 unspecified atom stereocenters. The first-order valence-electron chi connectivity index (χ1n) is 10.6. The van der Waals surface area contributed by atoms with Crippen molar-refractivity contribution in [3.8, 4) is 0 Å². The minimum absolute atomic E-state index is 0.147. The maximum atomic E-state index is 12.6. The number of ether oxygens (including phenoxy) is 1. The Labute approximate surface area is 178 Å². The van der Waals surface area contributed by atoms with Crippen LogP contribution in [0.4, 0.5) is 0 Å². The molecule has 0 fully saturated rings. The monoisotopic (exact) mass is 408 g/mol. The topological polar surface area (TPSA) is 68.5 Å². The van der Waals surface area contributed by atoms with Crippen LogP contribution in [-0.4, -0.2) is 40.3 Å². The Hall–Kier alpha value is -2.73. The van der Waals surface area contributed by atoms with Gasteiger partial charge in [0.15, 0.2) is 5.65 Å². The average molecular weight is 409 g/mol. The van der Waals surface area contributed by atoms with Crippen molar-refractivity contribution in [3.63, 3.8) is 0 Å². The number of rotatable bonds is 8. The molecule has 160 valence electrons. The molecule has 0 aliphatic rings. The molecular weight excluding hydrogens is 376 g/mol. The van der Waals surface area contributed by atoms with Crippen molar-refractivity contribution in [3.05, 3.63) is 63.1 Å². The lowest BCUT2D eigenvalue weighted by Crippen LogP contribution is -2.25. The van der Waals surface area contributed by atoms with Crippen LogP contribution >= 0.6 is 0 Å². The van der Waals surface area contributed by atoms with E-state index in [1.54, 1.807) is 10.7 Å². The fraction of sp³-hybridized carbons (Fsp3) is 0.458. The zero-order valence-corrected chi connectivity index (χ0v) is 18.9. The molecule has 3 aromatic rings. The first-order chi connectivity index (χ1) is 14.3. The number of nitrogens with zero attached hydrogens (tertiary/aromatic N) is 3. The van der Waals surface area contributed by atoms with Crippen LogP contribution in [0.1, 0.15) is 62.9 Å². The Bertz CT molecular complexity index is 1050. The molecule has 2 aromatic heterocycles. The van der Waals surface area contributed by atoms with E-state index in [0.29, 0.717) is 31.0 Å². The van der Waals surface area contributed by atoms with Gasteiger partial charge in [0.1, 0.15) is 5.56 Å². The SMILES string of the molecule is CCOCCCNC(=O)c1cnn2c(C)c(Cc3c(C)cc(C)cc3C)c(C)nc12. The van der Waals surface area contributed by atoms with E-state index in [9.17, 15) is 4.79 Å². The van der Waals surface area contributed by atoms with E-state index in [1.807, 2.05) is 20.8 Å². The maximum Gasteiger partial charge on any atom is 0.256 e. The maximum absolute atomic E-state index is 12.6. The Morgan fingerprint density at radius 1 is 1.10 bits per heavy atom. The number of carbonyl (C=O) groups is 1. The van der Waals surface area contributed by atoms with Crippen LogP contribution in [0.3, 0.4) is 0 Å². The van der Waals surface area contributed by atoms with E-state index in [4.69, 9.17) is 9.72 Å². The second-order valence-electron chi connectivity index (χ2n) is 7.92. The molecule has 6 nitrogen and oxygen atoms in total. The normalized spacial score (nSPS) is 11.3. The number of amides is 1. The van der Waals surface area contributed by atoms with Gasteiger partial charge in [-0.2, -0.15) is 5.10 Å². The Morgan fingerprint density at radius 2 is 1.80 bits per heavy atom. The second kappa shape index (κ2) is 9.39. The largest absolute Gasteiger partial charge is 0.382 e. The van der Waals surface area contributed by atoms with Gasteiger partial charge in [0.2, 0.25) is 0 Å². The summed E-state index contributed by atoms with van der Waals surface area (Å²) >= 11 is 0. The van der Waals surface area contributed by atoms with E-state index in [1.165, 1.54) is 22.3 Å². The molecule has 0 atom stereocenters. The number of carbonyl (C=O) groups excluding carboxylic acids is 1. The average Bonchev–Trinajstić information content (AvgIpc) is 3.10. The Balaban J connectivity index is 1.87. The number of hydrogen-bond acceptors (Lipinski definition) is 4. The van der Waals surface area contributed by atoms with Gasteiger partial charge in [-0.05, 0) is 70.2 Å². The molecule has 0 saturated carbocycles. The zero-order chi connectivity index (χ0) is 21.8. The van der Waals surface area contributed by atoms with Crippen LogP contribution in [0.25, 0.3) is 5.65 Å². The molecule has 0 aliphatic carbocycles. The summed E-state index contributed by atoms with van der Waals surface area (Å²) in [7, 11) is 0. The molecule has 30 heavy (non-hydrogen) atoms. The molecule has 1 amide bonds. The highest BCUT2D eigenvalue weighted by molar-refractivity contribution is 5.99. The molecule has 1 N–H and O–H groups in total. The van der Waals surface area contributed by atoms with Gasteiger partial charge in [0, 0.05) is 37.6 Å². The van der Waals surface area contributed by atoms with Gasteiger partial charge in [-0.25, -0.2) is 9.50 Å². The van der Waals surface area contributed by atoms with Gasteiger partial charge in [-0.1, -0.05) is 17.7 Å². The summed E-state index contributed by atoms with van der Waals surface area (Å²) < 4.78 is 7.10. The molecule has 2 heterocycles. The van der Waals surface area contributed by atoms with Crippen molar-refractivity contribution >= 4 is 11.6 Å². The van der Waals surface area contributed by atoms with E-state index in [-0.39, 0.29) is 5.91 Å². The molecule has 0 aliphatic heterocycles. The van der Waals surface area contributed by atoms with Gasteiger partial charge in [0.05, 0.1) is 6.20 Å².